The summed E-state index contributed by atoms with van der Waals surface area (Å²) >= 11 is 0. The van der Waals surface area contributed by atoms with E-state index in [0.717, 1.165) is 37.7 Å². The maximum absolute atomic E-state index is 13.4. The summed E-state index contributed by atoms with van der Waals surface area (Å²) < 4.78 is 20.8. The summed E-state index contributed by atoms with van der Waals surface area (Å²) in [5.41, 5.74) is 1.34. The van der Waals surface area contributed by atoms with E-state index < -0.39 is 17.2 Å². The molecule has 1 aromatic carbocycles. The molecule has 1 fully saturated rings. The average molecular weight is 496 g/mol. The van der Waals surface area contributed by atoms with Crippen LogP contribution >= 0.6 is 0 Å². The number of hydrogen-bond acceptors (Lipinski definition) is 4. The smallest absolute Gasteiger partial charge is 0.256 e. The molecule has 0 unspecified atom stereocenters. The van der Waals surface area contributed by atoms with Crippen molar-refractivity contribution in [2.24, 2.45) is 0 Å². The third-order valence-electron chi connectivity index (χ3n) is 6.71. The number of halogens is 1. The van der Waals surface area contributed by atoms with Crippen LogP contribution in [0.5, 0.6) is 0 Å². The molecule has 2 heterocycles. The molecule has 7 nitrogen and oxygen atoms in total. The summed E-state index contributed by atoms with van der Waals surface area (Å²) in [5.74, 6) is -1.37. The van der Waals surface area contributed by atoms with Gasteiger partial charge in [0.2, 0.25) is 5.43 Å². The van der Waals surface area contributed by atoms with Crippen LogP contribution in [0.4, 0.5) is 4.39 Å². The molecule has 0 radical (unpaired) electrons. The first-order valence-electron chi connectivity index (χ1n) is 12.8. The van der Waals surface area contributed by atoms with Gasteiger partial charge in [-0.1, -0.05) is 23.8 Å². The van der Waals surface area contributed by atoms with E-state index in [9.17, 15) is 18.8 Å². The standard InChI is InChI=1S/C28H34FN3O4/c29-22-9-4-8-21(16-22)12-14-31-28(35)25-19-32(17-23-10-5-15-36-23)18-24(26(25)33)27(34)30-13-11-20-6-2-1-3-7-20/h4,6,8-9,16,18-19,23H,1-3,5,7,10-15,17H2,(H,30,34)(H,31,35)/t23-/m1/s1. The fourth-order valence-electron chi connectivity index (χ4n) is 4.76. The second-order valence-corrected chi connectivity index (χ2v) is 9.50. The van der Waals surface area contributed by atoms with Crippen LogP contribution in [-0.2, 0) is 17.7 Å². The molecule has 1 aliphatic heterocycles. The largest absolute Gasteiger partial charge is 0.376 e. The molecule has 36 heavy (non-hydrogen) atoms. The summed E-state index contributed by atoms with van der Waals surface area (Å²) in [4.78, 5) is 39.1. The van der Waals surface area contributed by atoms with E-state index in [1.165, 1.54) is 42.9 Å². The van der Waals surface area contributed by atoms with Crippen molar-refractivity contribution in [1.82, 2.24) is 15.2 Å². The molecule has 0 bridgehead atoms. The fraction of sp³-hybridized carbons (Fsp3) is 0.464. The number of ether oxygens (including phenoxy) is 1. The Morgan fingerprint density at radius 1 is 1.03 bits per heavy atom. The Morgan fingerprint density at radius 2 is 1.78 bits per heavy atom. The van der Waals surface area contributed by atoms with Gasteiger partial charge < -0.3 is 19.9 Å². The lowest BCUT2D eigenvalue weighted by molar-refractivity contribution is 0.0926. The molecule has 1 atom stereocenters. The summed E-state index contributed by atoms with van der Waals surface area (Å²) in [6.07, 6.45) is 12.8. The first-order valence-corrected chi connectivity index (χ1v) is 12.8. The summed E-state index contributed by atoms with van der Waals surface area (Å²) in [5, 5.41) is 5.59. The SMILES string of the molecule is O=C(NCCC1=CCCCC1)c1cn(C[C@H]2CCCO2)cc(C(=O)NCCc2cccc(F)c2)c1=O. The van der Waals surface area contributed by atoms with E-state index in [4.69, 9.17) is 4.74 Å². The number of nitrogens with one attached hydrogen (secondary N) is 2. The summed E-state index contributed by atoms with van der Waals surface area (Å²) in [6.45, 7) is 1.82. The van der Waals surface area contributed by atoms with Crippen LogP contribution < -0.4 is 16.1 Å². The lowest BCUT2D eigenvalue weighted by Crippen LogP contribution is -2.36. The maximum Gasteiger partial charge on any atom is 0.256 e. The van der Waals surface area contributed by atoms with Crippen LogP contribution in [0.1, 0.15) is 71.2 Å². The van der Waals surface area contributed by atoms with Gasteiger partial charge in [-0.3, -0.25) is 14.4 Å². The van der Waals surface area contributed by atoms with Gasteiger partial charge in [-0.25, -0.2) is 4.39 Å². The van der Waals surface area contributed by atoms with Gasteiger partial charge in [0.1, 0.15) is 16.9 Å². The van der Waals surface area contributed by atoms with Crippen molar-refractivity contribution in [2.75, 3.05) is 19.7 Å². The lowest BCUT2D eigenvalue weighted by Gasteiger charge is -2.16. The molecular weight excluding hydrogens is 461 g/mol. The van der Waals surface area contributed by atoms with Crippen molar-refractivity contribution in [1.29, 1.82) is 0 Å². The van der Waals surface area contributed by atoms with Gasteiger partial charge in [0.15, 0.2) is 0 Å². The van der Waals surface area contributed by atoms with Crippen LogP contribution in [0, 0.1) is 5.82 Å². The zero-order valence-electron chi connectivity index (χ0n) is 20.6. The zero-order valence-corrected chi connectivity index (χ0v) is 20.6. The Bertz CT molecular complexity index is 1170. The molecule has 4 rings (SSSR count). The molecule has 2 amide bonds. The van der Waals surface area contributed by atoms with Crippen LogP contribution in [-0.4, -0.2) is 42.2 Å². The van der Waals surface area contributed by atoms with Gasteiger partial charge in [0.25, 0.3) is 11.8 Å². The molecular formula is C28H34FN3O4. The molecule has 1 saturated heterocycles. The molecule has 8 heteroatoms. The minimum absolute atomic E-state index is 0.0226. The molecule has 1 aromatic heterocycles. The van der Waals surface area contributed by atoms with Gasteiger partial charge >= 0.3 is 0 Å². The quantitative estimate of drug-likeness (QED) is 0.491. The highest BCUT2D eigenvalue weighted by molar-refractivity contribution is 5.99. The number of carbonyl (C=O) groups excluding carboxylic acids is 2. The Hall–Kier alpha value is -3.26. The first-order chi connectivity index (χ1) is 17.5. The number of amides is 2. The molecule has 2 aromatic rings. The van der Waals surface area contributed by atoms with Crippen molar-refractivity contribution < 1.29 is 18.7 Å². The van der Waals surface area contributed by atoms with E-state index >= 15 is 0 Å². The maximum atomic E-state index is 13.4. The van der Waals surface area contributed by atoms with E-state index in [-0.39, 0.29) is 29.6 Å². The molecule has 2 N–H and O–H groups in total. The highest BCUT2D eigenvalue weighted by Gasteiger charge is 2.22. The van der Waals surface area contributed by atoms with Crippen molar-refractivity contribution in [3.8, 4) is 0 Å². The molecule has 0 spiro atoms. The lowest BCUT2D eigenvalue weighted by atomic mass is 9.97. The topological polar surface area (TPSA) is 89.4 Å². The molecule has 0 saturated carbocycles. The van der Waals surface area contributed by atoms with Crippen LogP contribution in [0.2, 0.25) is 0 Å². The highest BCUT2D eigenvalue weighted by Crippen LogP contribution is 2.19. The average Bonchev–Trinajstić information content (AvgIpc) is 3.38. The van der Waals surface area contributed by atoms with E-state index in [1.807, 2.05) is 0 Å². The number of pyridine rings is 1. The van der Waals surface area contributed by atoms with Crippen LogP contribution in [0.3, 0.4) is 0 Å². The third-order valence-corrected chi connectivity index (χ3v) is 6.71. The van der Waals surface area contributed by atoms with Crippen molar-refractivity contribution >= 4 is 11.8 Å². The number of rotatable bonds is 10. The number of hydrogen-bond donors (Lipinski definition) is 2. The van der Waals surface area contributed by atoms with Crippen LogP contribution in [0.15, 0.2) is 53.1 Å². The predicted octanol–water partition coefficient (Wildman–Crippen LogP) is 3.76. The van der Waals surface area contributed by atoms with E-state index in [2.05, 4.69) is 16.7 Å². The third kappa shape index (κ3) is 7.13. The Kier molecular flexibility index (Phi) is 9.06. The number of nitrogens with zero attached hydrogens (tertiary/aromatic N) is 1. The van der Waals surface area contributed by atoms with Gasteiger partial charge in [-0.2, -0.15) is 0 Å². The number of aromatic nitrogens is 1. The van der Waals surface area contributed by atoms with Gasteiger partial charge in [-0.15, -0.1) is 0 Å². The van der Waals surface area contributed by atoms with Crippen molar-refractivity contribution in [3.63, 3.8) is 0 Å². The molecule has 1 aliphatic carbocycles. The van der Waals surface area contributed by atoms with Gasteiger partial charge in [0.05, 0.1) is 6.10 Å². The van der Waals surface area contributed by atoms with Crippen LogP contribution in [0.25, 0.3) is 0 Å². The Morgan fingerprint density at radius 3 is 2.42 bits per heavy atom. The second kappa shape index (κ2) is 12.6. The minimum Gasteiger partial charge on any atom is -0.376 e. The number of carbonyl (C=O) groups is 2. The summed E-state index contributed by atoms with van der Waals surface area (Å²) in [6, 6.07) is 6.16. The monoisotopic (exact) mass is 495 g/mol. The fourth-order valence-corrected chi connectivity index (χ4v) is 4.76. The molecule has 2 aliphatic rings. The van der Waals surface area contributed by atoms with Crippen molar-refractivity contribution in [3.05, 3.63) is 81.0 Å². The molecule has 192 valence electrons. The number of benzene rings is 1. The Balaban J connectivity index is 1.46. The van der Waals surface area contributed by atoms with Crippen molar-refractivity contribution in [2.45, 2.75) is 64.0 Å². The first kappa shape index (κ1) is 25.8. The van der Waals surface area contributed by atoms with E-state index in [1.54, 1.807) is 16.7 Å². The van der Waals surface area contributed by atoms with Gasteiger partial charge in [-0.05, 0) is 69.1 Å². The highest BCUT2D eigenvalue weighted by atomic mass is 19.1. The predicted molar refractivity (Wildman–Crippen MR) is 136 cm³/mol. The second-order valence-electron chi connectivity index (χ2n) is 9.50. The summed E-state index contributed by atoms with van der Waals surface area (Å²) in [7, 11) is 0. The Labute approximate surface area is 210 Å². The van der Waals surface area contributed by atoms with Gasteiger partial charge in [0, 0.05) is 38.6 Å². The number of allylic oxidation sites excluding steroid dienone is 1. The zero-order chi connectivity index (χ0) is 25.3. The minimum atomic E-state index is -0.601. The normalized spacial score (nSPS) is 17.5. The van der Waals surface area contributed by atoms with E-state index in [0.29, 0.717) is 26.1 Å².